The zero-order valence-corrected chi connectivity index (χ0v) is 10.4. The molecule has 2 rings (SSSR count). The fourth-order valence-corrected chi connectivity index (χ4v) is 2.01. The van der Waals surface area contributed by atoms with Gasteiger partial charge in [-0.15, -0.1) is 0 Å². The van der Waals surface area contributed by atoms with Crippen molar-refractivity contribution in [3.8, 4) is 5.75 Å². The first-order chi connectivity index (χ1) is 8.56. The summed E-state index contributed by atoms with van der Waals surface area (Å²) in [4.78, 5) is 24.6. The molecule has 6 heteroatoms. The summed E-state index contributed by atoms with van der Waals surface area (Å²) in [6.07, 6.45) is 1.31. The van der Waals surface area contributed by atoms with E-state index in [1.165, 1.54) is 17.0 Å². The van der Waals surface area contributed by atoms with Crippen LogP contribution in [-0.4, -0.2) is 34.9 Å². The molecule has 0 aromatic heterocycles. The SMILES string of the molecule is O=C(CN1CCCC1=O)Nc1ccc(O)c(Cl)c1. The zero-order chi connectivity index (χ0) is 13.1. The van der Waals surface area contributed by atoms with Crippen molar-refractivity contribution in [1.82, 2.24) is 4.90 Å². The van der Waals surface area contributed by atoms with Gasteiger partial charge in [0.25, 0.3) is 0 Å². The normalized spacial score (nSPS) is 14.9. The molecular formula is C12H13ClN2O3. The molecule has 2 amide bonds. The number of likely N-dealkylation sites (tertiary alicyclic amines) is 1. The van der Waals surface area contributed by atoms with Gasteiger partial charge in [0.2, 0.25) is 11.8 Å². The Hall–Kier alpha value is -1.75. The smallest absolute Gasteiger partial charge is 0.243 e. The summed E-state index contributed by atoms with van der Waals surface area (Å²) in [7, 11) is 0. The van der Waals surface area contributed by atoms with E-state index < -0.39 is 0 Å². The van der Waals surface area contributed by atoms with Gasteiger partial charge in [0, 0.05) is 18.7 Å². The lowest BCUT2D eigenvalue weighted by molar-refractivity contribution is -0.131. The molecule has 0 atom stereocenters. The Labute approximate surface area is 109 Å². The summed E-state index contributed by atoms with van der Waals surface area (Å²) in [6, 6.07) is 4.41. The van der Waals surface area contributed by atoms with E-state index in [2.05, 4.69) is 5.32 Å². The van der Waals surface area contributed by atoms with Crippen LogP contribution < -0.4 is 5.32 Å². The van der Waals surface area contributed by atoms with Gasteiger partial charge >= 0.3 is 0 Å². The van der Waals surface area contributed by atoms with E-state index in [-0.39, 0.29) is 29.1 Å². The largest absolute Gasteiger partial charge is 0.506 e. The van der Waals surface area contributed by atoms with Crippen LogP contribution >= 0.6 is 11.6 Å². The van der Waals surface area contributed by atoms with Gasteiger partial charge in [-0.05, 0) is 24.6 Å². The lowest BCUT2D eigenvalue weighted by Crippen LogP contribution is -2.33. The summed E-state index contributed by atoms with van der Waals surface area (Å²) in [5, 5.41) is 12.0. The van der Waals surface area contributed by atoms with Crippen LogP contribution in [-0.2, 0) is 9.59 Å². The van der Waals surface area contributed by atoms with Crippen molar-refractivity contribution in [3.63, 3.8) is 0 Å². The maximum absolute atomic E-state index is 11.7. The lowest BCUT2D eigenvalue weighted by Gasteiger charge is -2.15. The molecule has 0 aliphatic carbocycles. The highest BCUT2D eigenvalue weighted by molar-refractivity contribution is 6.32. The first-order valence-electron chi connectivity index (χ1n) is 5.62. The van der Waals surface area contributed by atoms with Gasteiger partial charge in [0.05, 0.1) is 11.6 Å². The molecule has 1 saturated heterocycles. The number of carbonyl (C=O) groups excluding carboxylic acids is 2. The van der Waals surface area contributed by atoms with Crippen LogP contribution in [0.4, 0.5) is 5.69 Å². The number of anilines is 1. The quantitative estimate of drug-likeness (QED) is 0.818. The minimum absolute atomic E-state index is 0.00823. The molecule has 0 unspecified atom stereocenters. The summed E-state index contributed by atoms with van der Waals surface area (Å²) < 4.78 is 0. The number of rotatable bonds is 3. The molecule has 1 aromatic carbocycles. The number of amides is 2. The third-order valence-electron chi connectivity index (χ3n) is 2.74. The molecule has 2 N–H and O–H groups in total. The first-order valence-corrected chi connectivity index (χ1v) is 6.00. The van der Waals surface area contributed by atoms with E-state index in [4.69, 9.17) is 11.6 Å². The van der Waals surface area contributed by atoms with Crippen molar-refractivity contribution in [1.29, 1.82) is 0 Å². The second kappa shape index (κ2) is 5.27. The summed E-state index contributed by atoms with van der Waals surface area (Å²) in [5.74, 6) is -0.301. The molecule has 1 aliphatic heterocycles. The first kappa shape index (κ1) is 12.7. The zero-order valence-electron chi connectivity index (χ0n) is 9.65. The lowest BCUT2D eigenvalue weighted by atomic mass is 10.3. The van der Waals surface area contributed by atoms with Gasteiger partial charge in [-0.3, -0.25) is 9.59 Å². The molecule has 1 fully saturated rings. The minimum atomic E-state index is -0.271. The molecule has 5 nitrogen and oxygen atoms in total. The predicted octanol–water partition coefficient (Wildman–Crippen LogP) is 1.61. The van der Waals surface area contributed by atoms with Crippen LogP contribution in [0.3, 0.4) is 0 Å². The van der Waals surface area contributed by atoms with E-state index >= 15 is 0 Å². The van der Waals surface area contributed by atoms with Crippen molar-refractivity contribution < 1.29 is 14.7 Å². The van der Waals surface area contributed by atoms with E-state index in [1.807, 2.05) is 0 Å². The van der Waals surface area contributed by atoms with Gasteiger partial charge in [-0.2, -0.15) is 0 Å². The highest BCUT2D eigenvalue weighted by Crippen LogP contribution is 2.26. The van der Waals surface area contributed by atoms with E-state index in [0.29, 0.717) is 18.7 Å². The standard InChI is InChI=1S/C12H13ClN2O3/c13-9-6-8(3-4-10(9)16)14-11(17)7-15-5-1-2-12(15)18/h3-4,6,16H,1-2,5,7H2,(H,14,17). The highest BCUT2D eigenvalue weighted by atomic mass is 35.5. The Bertz CT molecular complexity index is 490. The molecule has 0 spiro atoms. The molecule has 96 valence electrons. The van der Waals surface area contributed by atoms with E-state index in [0.717, 1.165) is 6.42 Å². The fraction of sp³-hybridized carbons (Fsp3) is 0.333. The van der Waals surface area contributed by atoms with Crippen molar-refractivity contribution in [2.75, 3.05) is 18.4 Å². The second-order valence-electron chi connectivity index (χ2n) is 4.13. The third-order valence-corrected chi connectivity index (χ3v) is 3.04. The van der Waals surface area contributed by atoms with Crippen molar-refractivity contribution in [3.05, 3.63) is 23.2 Å². The number of nitrogens with zero attached hydrogens (tertiary/aromatic N) is 1. The van der Waals surface area contributed by atoms with Crippen LogP contribution in [0.5, 0.6) is 5.75 Å². The van der Waals surface area contributed by atoms with Gasteiger partial charge in [0.15, 0.2) is 0 Å². The third kappa shape index (κ3) is 2.92. The number of hydrogen-bond donors (Lipinski definition) is 2. The average Bonchev–Trinajstić information content (AvgIpc) is 2.70. The van der Waals surface area contributed by atoms with Crippen LogP contribution in [0.25, 0.3) is 0 Å². The van der Waals surface area contributed by atoms with Crippen LogP contribution in [0.1, 0.15) is 12.8 Å². The number of carbonyl (C=O) groups is 2. The molecular weight excluding hydrogens is 256 g/mol. The highest BCUT2D eigenvalue weighted by Gasteiger charge is 2.22. The predicted molar refractivity (Wildman–Crippen MR) is 67.6 cm³/mol. The number of aromatic hydroxyl groups is 1. The number of hydrogen-bond acceptors (Lipinski definition) is 3. The number of benzene rings is 1. The maximum Gasteiger partial charge on any atom is 0.243 e. The molecule has 1 heterocycles. The van der Waals surface area contributed by atoms with Crippen molar-refractivity contribution >= 4 is 29.1 Å². The second-order valence-corrected chi connectivity index (χ2v) is 4.54. The molecule has 0 saturated carbocycles. The number of nitrogens with one attached hydrogen (secondary N) is 1. The molecule has 1 aliphatic rings. The average molecular weight is 269 g/mol. The van der Waals surface area contributed by atoms with Gasteiger partial charge in [-0.25, -0.2) is 0 Å². The fourth-order valence-electron chi connectivity index (χ4n) is 1.83. The monoisotopic (exact) mass is 268 g/mol. The van der Waals surface area contributed by atoms with Crippen LogP contribution in [0.2, 0.25) is 5.02 Å². The number of phenols is 1. The molecule has 0 bridgehead atoms. The number of halogens is 1. The minimum Gasteiger partial charge on any atom is -0.506 e. The Morgan fingerprint density at radius 1 is 1.50 bits per heavy atom. The van der Waals surface area contributed by atoms with Gasteiger partial charge < -0.3 is 15.3 Å². The Kier molecular flexibility index (Phi) is 3.72. The van der Waals surface area contributed by atoms with Crippen molar-refractivity contribution in [2.24, 2.45) is 0 Å². The van der Waals surface area contributed by atoms with E-state index in [9.17, 15) is 14.7 Å². The van der Waals surface area contributed by atoms with Crippen LogP contribution in [0, 0.1) is 0 Å². The van der Waals surface area contributed by atoms with E-state index in [1.54, 1.807) is 6.07 Å². The maximum atomic E-state index is 11.7. The summed E-state index contributed by atoms with van der Waals surface area (Å²) in [5.41, 5.74) is 0.495. The number of phenolic OH excluding ortho intramolecular Hbond substituents is 1. The Balaban J connectivity index is 1.94. The summed E-state index contributed by atoms with van der Waals surface area (Å²) >= 11 is 5.72. The molecule has 18 heavy (non-hydrogen) atoms. The van der Waals surface area contributed by atoms with Gasteiger partial charge in [0.1, 0.15) is 5.75 Å². The summed E-state index contributed by atoms with van der Waals surface area (Å²) in [6.45, 7) is 0.680. The molecule has 0 radical (unpaired) electrons. The molecule has 1 aromatic rings. The van der Waals surface area contributed by atoms with Gasteiger partial charge in [-0.1, -0.05) is 11.6 Å². The topological polar surface area (TPSA) is 69.6 Å². The Morgan fingerprint density at radius 2 is 2.28 bits per heavy atom. The van der Waals surface area contributed by atoms with Crippen molar-refractivity contribution in [2.45, 2.75) is 12.8 Å². The Morgan fingerprint density at radius 3 is 2.89 bits per heavy atom. The van der Waals surface area contributed by atoms with Crippen LogP contribution in [0.15, 0.2) is 18.2 Å².